The second-order valence-corrected chi connectivity index (χ2v) is 5.76. The van der Waals surface area contributed by atoms with E-state index in [2.05, 4.69) is 14.9 Å². The molecule has 1 rings (SSSR count). The van der Waals surface area contributed by atoms with Crippen LogP contribution in [0.15, 0.2) is 5.16 Å². The molecule has 18 heavy (non-hydrogen) atoms. The molecule has 104 valence electrons. The van der Waals surface area contributed by atoms with E-state index in [0.29, 0.717) is 12.4 Å². The number of aromatic nitrogens is 3. The second-order valence-electron chi connectivity index (χ2n) is 3.30. The van der Waals surface area contributed by atoms with Crippen molar-refractivity contribution < 1.29 is 21.9 Å². The Bertz CT molecular complexity index is 492. The van der Waals surface area contributed by atoms with Gasteiger partial charge in [-0.25, -0.2) is 17.2 Å². The summed E-state index contributed by atoms with van der Waals surface area (Å²) in [6.07, 6.45) is -2.35. The fraction of sp³-hybridized carbons (Fsp3) is 0.750. The average molecular weight is 304 g/mol. The molecule has 0 unspecified atom stereocenters. The molecule has 10 heteroatoms. The van der Waals surface area contributed by atoms with Gasteiger partial charge in [0, 0.05) is 23.6 Å². The first-order valence-electron chi connectivity index (χ1n) is 5.09. The van der Waals surface area contributed by atoms with Gasteiger partial charge in [0.25, 0.3) is 20.6 Å². The molecule has 0 saturated heterocycles. The minimum absolute atomic E-state index is 0.00477. The highest BCUT2D eigenvalue weighted by Gasteiger charge is 2.21. The molecule has 1 heterocycles. The molecule has 0 saturated carbocycles. The zero-order chi connectivity index (χ0) is 13.8. The van der Waals surface area contributed by atoms with Gasteiger partial charge in [-0.15, -0.1) is 10.2 Å². The zero-order valence-corrected chi connectivity index (χ0v) is 11.1. The number of hydrogen-bond acceptors (Lipinski definition) is 5. The quantitative estimate of drug-likeness (QED) is 0.556. The molecule has 6 nitrogen and oxygen atoms in total. The third kappa shape index (κ3) is 4.14. The maximum atomic E-state index is 11.8. The highest BCUT2D eigenvalue weighted by Crippen LogP contribution is 2.14. The van der Waals surface area contributed by atoms with Crippen molar-refractivity contribution in [1.82, 2.24) is 14.8 Å². The van der Waals surface area contributed by atoms with E-state index in [4.69, 9.17) is 10.7 Å². The van der Waals surface area contributed by atoms with Crippen molar-refractivity contribution in [3.8, 4) is 0 Å². The van der Waals surface area contributed by atoms with Gasteiger partial charge in [-0.05, 0) is 6.92 Å². The number of nitrogens with zero attached hydrogens (tertiary/aromatic N) is 3. The van der Waals surface area contributed by atoms with Crippen LogP contribution in [-0.2, 0) is 26.8 Å². The van der Waals surface area contributed by atoms with Crippen molar-refractivity contribution in [2.75, 3.05) is 13.2 Å². The zero-order valence-electron chi connectivity index (χ0n) is 9.51. The van der Waals surface area contributed by atoms with Crippen LogP contribution in [0.2, 0.25) is 0 Å². The van der Waals surface area contributed by atoms with Crippen molar-refractivity contribution >= 4 is 19.7 Å². The Morgan fingerprint density at radius 2 is 2.11 bits per heavy atom. The third-order valence-corrected chi connectivity index (χ3v) is 3.19. The molecule has 0 amide bonds. The normalized spacial score (nSPS) is 12.3. The highest BCUT2D eigenvalue weighted by molar-refractivity contribution is 8.13. The molecule has 1 aromatic heterocycles. The lowest BCUT2D eigenvalue weighted by molar-refractivity contribution is 0.0181. The molecule has 0 radical (unpaired) electrons. The van der Waals surface area contributed by atoms with Gasteiger partial charge < -0.3 is 9.30 Å². The summed E-state index contributed by atoms with van der Waals surface area (Å²) in [7, 11) is 1.21. The summed E-state index contributed by atoms with van der Waals surface area (Å²) in [5.74, 6) is 0.325. The van der Waals surface area contributed by atoms with E-state index in [1.54, 1.807) is 6.92 Å². The summed E-state index contributed by atoms with van der Waals surface area (Å²) < 4.78 is 51.9. The van der Waals surface area contributed by atoms with Crippen LogP contribution >= 0.6 is 10.7 Å². The van der Waals surface area contributed by atoms with Crippen molar-refractivity contribution in [3.05, 3.63) is 5.82 Å². The van der Waals surface area contributed by atoms with E-state index in [1.807, 2.05) is 0 Å². The Labute approximate surface area is 107 Å². The molecule has 0 aliphatic heterocycles. The molecule has 0 atom stereocenters. The van der Waals surface area contributed by atoms with Crippen LogP contribution in [0.3, 0.4) is 0 Å². The fourth-order valence-corrected chi connectivity index (χ4v) is 2.32. The SMILES string of the molecule is CCn1c(CCOCC(F)F)nnc1S(=O)(=O)Cl. The predicted molar refractivity (Wildman–Crippen MR) is 59.3 cm³/mol. The third-order valence-electron chi connectivity index (χ3n) is 2.04. The minimum Gasteiger partial charge on any atom is -0.375 e. The average Bonchev–Trinajstić information content (AvgIpc) is 2.66. The summed E-state index contributed by atoms with van der Waals surface area (Å²) in [6, 6.07) is 0. The maximum absolute atomic E-state index is 11.8. The van der Waals surface area contributed by atoms with E-state index in [-0.39, 0.29) is 18.2 Å². The summed E-state index contributed by atoms with van der Waals surface area (Å²) >= 11 is 0. The maximum Gasteiger partial charge on any atom is 0.296 e. The van der Waals surface area contributed by atoms with Gasteiger partial charge in [-0.2, -0.15) is 0 Å². The second kappa shape index (κ2) is 6.39. The first-order valence-corrected chi connectivity index (χ1v) is 7.39. The topological polar surface area (TPSA) is 74.1 Å². The Morgan fingerprint density at radius 1 is 1.44 bits per heavy atom. The summed E-state index contributed by atoms with van der Waals surface area (Å²) in [6.45, 7) is 1.34. The molecular formula is C8H12ClF2N3O3S. The highest BCUT2D eigenvalue weighted by atomic mass is 35.7. The summed E-state index contributed by atoms with van der Waals surface area (Å²) in [5.41, 5.74) is 0. The number of halogens is 3. The van der Waals surface area contributed by atoms with Crippen LogP contribution in [0, 0.1) is 0 Å². The monoisotopic (exact) mass is 303 g/mol. The fourth-order valence-electron chi connectivity index (χ4n) is 1.34. The van der Waals surface area contributed by atoms with Gasteiger partial charge in [0.05, 0.1) is 6.61 Å². The number of rotatable bonds is 7. The lowest BCUT2D eigenvalue weighted by Crippen LogP contribution is -2.12. The molecule has 0 aromatic carbocycles. The van der Waals surface area contributed by atoms with E-state index in [9.17, 15) is 17.2 Å². The van der Waals surface area contributed by atoms with Crippen molar-refractivity contribution in [1.29, 1.82) is 0 Å². The van der Waals surface area contributed by atoms with Crippen LogP contribution in [-0.4, -0.2) is 42.8 Å². The van der Waals surface area contributed by atoms with Crippen LogP contribution < -0.4 is 0 Å². The lowest BCUT2D eigenvalue weighted by atomic mass is 10.4. The van der Waals surface area contributed by atoms with Crippen LogP contribution in [0.4, 0.5) is 8.78 Å². The van der Waals surface area contributed by atoms with Gasteiger partial charge in [0.2, 0.25) is 0 Å². The summed E-state index contributed by atoms with van der Waals surface area (Å²) in [5, 5.41) is 6.76. The molecule has 0 aliphatic rings. The number of hydrogen-bond donors (Lipinski definition) is 0. The molecule has 0 aliphatic carbocycles. The van der Waals surface area contributed by atoms with Gasteiger partial charge in [-0.1, -0.05) is 0 Å². The molecule has 0 N–H and O–H groups in total. The Hall–Kier alpha value is -0.800. The first kappa shape index (κ1) is 15.3. The number of alkyl halides is 2. The van der Waals surface area contributed by atoms with Gasteiger partial charge >= 0.3 is 0 Å². The molecular weight excluding hydrogens is 292 g/mol. The smallest absolute Gasteiger partial charge is 0.296 e. The van der Waals surface area contributed by atoms with E-state index < -0.39 is 22.1 Å². The van der Waals surface area contributed by atoms with E-state index in [1.165, 1.54) is 4.57 Å². The summed E-state index contributed by atoms with van der Waals surface area (Å²) in [4.78, 5) is 0. The Balaban J connectivity index is 2.70. The molecule has 0 fully saturated rings. The predicted octanol–water partition coefficient (Wildman–Crippen LogP) is 1.05. The molecule has 1 aromatic rings. The van der Waals surface area contributed by atoms with Crippen LogP contribution in [0.1, 0.15) is 12.7 Å². The largest absolute Gasteiger partial charge is 0.375 e. The van der Waals surface area contributed by atoms with Crippen molar-refractivity contribution in [2.24, 2.45) is 0 Å². The minimum atomic E-state index is -3.97. The molecule has 0 bridgehead atoms. The standard InChI is InChI=1S/C8H12ClF2N3O3S/c1-2-14-7(3-4-17-5-6(10)11)12-13-8(14)18(9,15)16/h6H,2-5H2,1H3. The van der Waals surface area contributed by atoms with Crippen molar-refractivity contribution in [3.63, 3.8) is 0 Å². The molecule has 0 spiro atoms. The van der Waals surface area contributed by atoms with Gasteiger partial charge in [0.15, 0.2) is 0 Å². The number of ether oxygens (including phenoxy) is 1. The van der Waals surface area contributed by atoms with Gasteiger partial charge in [0.1, 0.15) is 12.4 Å². The van der Waals surface area contributed by atoms with E-state index >= 15 is 0 Å². The Kier molecular flexibility index (Phi) is 5.42. The van der Waals surface area contributed by atoms with Crippen LogP contribution in [0.25, 0.3) is 0 Å². The van der Waals surface area contributed by atoms with Crippen LogP contribution in [0.5, 0.6) is 0 Å². The van der Waals surface area contributed by atoms with E-state index in [0.717, 1.165) is 0 Å². The van der Waals surface area contributed by atoms with Gasteiger partial charge in [-0.3, -0.25) is 0 Å². The lowest BCUT2D eigenvalue weighted by Gasteiger charge is -2.06. The van der Waals surface area contributed by atoms with Crippen molar-refractivity contribution in [2.45, 2.75) is 31.5 Å². The first-order chi connectivity index (χ1) is 8.36. The Morgan fingerprint density at radius 3 is 2.61 bits per heavy atom.